The van der Waals surface area contributed by atoms with Crippen LogP contribution in [0.25, 0.3) is 0 Å². The average molecular weight is 489 g/mol. The number of alkyl carbamates (subject to hydrolysis) is 2. The summed E-state index contributed by atoms with van der Waals surface area (Å²) in [6.07, 6.45) is 0.344. The lowest BCUT2D eigenvalue weighted by Gasteiger charge is -2.19. The average Bonchev–Trinajstić information content (AvgIpc) is 2.67. The third kappa shape index (κ3) is 21.0. The fourth-order valence-corrected chi connectivity index (χ4v) is 2.35. The third-order valence-corrected chi connectivity index (χ3v) is 3.80. The first-order valence-electron chi connectivity index (χ1n) is 11.4. The molecule has 0 saturated heterocycles. The van der Waals surface area contributed by atoms with Crippen LogP contribution < -0.4 is 10.6 Å². The number of unbranched alkanes of at least 4 members (excludes halogenated alkanes) is 2. The first kappa shape index (κ1) is 31.1. The fraction of sp³-hybridized carbons (Fsp3) is 0.783. The van der Waals surface area contributed by atoms with Crippen LogP contribution in [0, 0.1) is 0 Å². The lowest BCUT2D eigenvalue weighted by Crippen LogP contribution is -2.35. The summed E-state index contributed by atoms with van der Waals surface area (Å²) in [4.78, 5) is 57.9. The van der Waals surface area contributed by atoms with Gasteiger partial charge in [0.2, 0.25) is 0 Å². The van der Waals surface area contributed by atoms with Crippen LogP contribution in [-0.4, -0.2) is 67.4 Å². The number of hydrogen-bond acceptors (Lipinski definition) is 9. The van der Waals surface area contributed by atoms with E-state index in [-0.39, 0.29) is 50.7 Å². The van der Waals surface area contributed by atoms with E-state index in [1.165, 1.54) is 0 Å². The molecule has 0 heterocycles. The van der Waals surface area contributed by atoms with E-state index in [0.29, 0.717) is 25.7 Å². The number of nitrogens with one attached hydrogen (secondary N) is 2. The number of ether oxygens (including phenoxy) is 4. The maximum Gasteiger partial charge on any atom is 0.508 e. The van der Waals surface area contributed by atoms with Crippen molar-refractivity contribution in [3.63, 3.8) is 0 Å². The number of ketones is 2. The Labute approximate surface area is 201 Å². The Hall–Kier alpha value is -2.85. The Bertz CT molecular complexity index is 623. The molecule has 0 atom stereocenters. The van der Waals surface area contributed by atoms with Crippen LogP contribution in [0.1, 0.15) is 80.1 Å². The Kier molecular flexibility index (Phi) is 14.6. The number of rotatable bonds is 14. The highest BCUT2D eigenvalue weighted by atomic mass is 16.7. The number of Topliss-reactive ketones (excluding diaryl/α,β-unsaturated/α-hetero) is 2. The van der Waals surface area contributed by atoms with Gasteiger partial charge in [-0.05, 0) is 67.2 Å². The molecule has 0 rings (SSSR count). The third-order valence-electron chi connectivity index (χ3n) is 3.80. The molecule has 0 spiro atoms. The maximum absolute atomic E-state index is 11.7. The van der Waals surface area contributed by atoms with Crippen molar-refractivity contribution >= 4 is 29.9 Å². The lowest BCUT2D eigenvalue weighted by molar-refractivity contribution is -0.119. The first-order chi connectivity index (χ1) is 15.7. The zero-order chi connectivity index (χ0) is 26.2. The summed E-state index contributed by atoms with van der Waals surface area (Å²) in [5.74, 6) is -0.298. The van der Waals surface area contributed by atoms with E-state index in [0.717, 1.165) is 0 Å². The van der Waals surface area contributed by atoms with Gasteiger partial charge in [-0.2, -0.15) is 0 Å². The van der Waals surface area contributed by atoms with Crippen molar-refractivity contribution in [2.45, 2.75) is 91.3 Å². The van der Waals surface area contributed by atoms with Gasteiger partial charge in [-0.1, -0.05) is 0 Å². The summed E-state index contributed by atoms with van der Waals surface area (Å²) < 4.78 is 19.9. The second-order valence-corrected chi connectivity index (χ2v) is 9.65. The molecule has 34 heavy (non-hydrogen) atoms. The van der Waals surface area contributed by atoms with Crippen LogP contribution in [0.5, 0.6) is 0 Å². The zero-order valence-electron chi connectivity index (χ0n) is 21.2. The quantitative estimate of drug-likeness (QED) is 0.212. The molecule has 0 radical (unpaired) electrons. The largest absolute Gasteiger partial charge is 0.508 e. The highest BCUT2D eigenvalue weighted by molar-refractivity contribution is 5.84. The molecule has 0 aromatic carbocycles. The SMILES string of the molecule is CC(C)(C)OC(=O)NCC(=O)CCCCOC(=O)OCCCCC(=O)CNC(=O)OC(C)(C)C. The Morgan fingerprint density at radius 3 is 1.26 bits per heavy atom. The van der Waals surface area contributed by atoms with E-state index in [1.54, 1.807) is 41.5 Å². The first-order valence-corrected chi connectivity index (χ1v) is 11.4. The highest BCUT2D eigenvalue weighted by Gasteiger charge is 2.17. The van der Waals surface area contributed by atoms with Crippen LogP contribution in [0.2, 0.25) is 0 Å². The van der Waals surface area contributed by atoms with Crippen molar-refractivity contribution in [3.8, 4) is 0 Å². The molecule has 2 amide bonds. The fourth-order valence-electron chi connectivity index (χ4n) is 2.35. The van der Waals surface area contributed by atoms with E-state index in [9.17, 15) is 24.0 Å². The van der Waals surface area contributed by atoms with Gasteiger partial charge in [0.15, 0.2) is 11.6 Å². The van der Waals surface area contributed by atoms with E-state index in [1.807, 2.05) is 0 Å². The maximum atomic E-state index is 11.7. The van der Waals surface area contributed by atoms with E-state index >= 15 is 0 Å². The number of carbonyl (C=O) groups is 5. The monoisotopic (exact) mass is 488 g/mol. The summed E-state index contributed by atoms with van der Waals surface area (Å²) in [6.45, 7) is 10.4. The van der Waals surface area contributed by atoms with Crippen molar-refractivity contribution < 1.29 is 42.9 Å². The molecule has 0 saturated carbocycles. The van der Waals surface area contributed by atoms with Crippen molar-refractivity contribution in [1.82, 2.24) is 10.6 Å². The van der Waals surface area contributed by atoms with Gasteiger partial charge in [0, 0.05) is 12.8 Å². The molecular weight excluding hydrogens is 448 g/mol. The predicted molar refractivity (Wildman–Crippen MR) is 123 cm³/mol. The molecule has 2 N–H and O–H groups in total. The van der Waals surface area contributed by atoms with Gasteiger partial charge in [-0.3, -0.25) is 9.59 Å². The van der Waals surface area contributed by atoms with Gasteiger partial charge in [0.05, 0.1) is 26.3 Å². The van der Waals surface area contributed by atoms with Crippen LogP contribution in [0.3, 0.4) is 0 Å². The number of hydrogen-bond donors (Lipinski definition) is 2. The van der Waals surface area contributed by atoms with Gasteiger partial charge in [0.1, 0.15) is 11.2 Å². The number of amides is 2. The summed E-state index contributed by atoms with van der Waals surface area (Å²) in [7, 11) is 0. The predicted octanol–water partition coefficient (Wildman–Crippen LogP) is 3.67. The molecule has 0 unspecified atom stereocenters. The van der Waals surface area contributed by atoms with Crippen molar-refractivity contribution in [2.75, 3.05) is 26.3 Å². The minimum Gasteiger partial charge on any atom is -0.444 e. The molecule has 0 aliphatic heterocycles. The topological polar surface area (TPSA) is 146 Å². The summed E-state index contributed by atoms with van der Waals surface area (Å²) in [5.41, 5.74) is -1.26. The van der Waals surface area contributed by atoms with Crippen molar-refractivity contribution in [3.05, 3.63) is 0 Å². The Morgan fingerprint density at radius 2 is 0.941 bits per heavy atom. The minimum atomic E-state index is -0.809. The molecule has 196 valence electrons. The van der Waals surface area contributed by atoms with E-state index < -0.39 is 29.5 Å². The van der Waals surface area contributed by atoms with Crippen molar-refractivity contribution in [1.29, 1.82) is 0 Å². The van der Waals surface area contributed by atoms with Crippen LogP contribution in [-0.2, 0) is 28.5 Å². The normalized spacial score (nSPS) is 11.2. The summed E-state index contributed by atoms with van der Waals surface area (Å²) in [6, 6.07) is 0. The second kappa shape index (κ2) is 15.9. The molecule has 0 aromatic rings. The Morgan fingerprint density at radius 1 is 0.588 bits per heavy atom. The van der Waals surface area contributed by atoms with Crippen LogP contribution >= 0.6 is 0 Å². The molecule has 11 heteroatoms. The highest BCUT2D eigenvalue weighted by Crippen LogP contribution is 2.07. The molecule has 0 aliphatic rings. The van der Waals surface area contributed by atoms with E-state index in [2.05, 4.69) is 10.6 Å². The van der Waals surface area contributed by atoms with Crippen molar-refractivity contribution in [2.24, 2.45) is 0 Å². The summed E-state index contributed by atoms with van der Waals surface area (Å²) in [5, 5.41) is 4.79. The minimum absolute atomic E-state index is 0.112. The molecule has 0 aromatic heterocycles. The Balaban J connectivity index is 3.66. The van der Waals surface area contributed by atoms with Crippen LogP contribution in [0.4, 0.5) is 14.4 Å². The summed E-state index contributed by atoms with van der Waals surface area (Å²) >= 11 is 0. The van der Waals surface area contributed by atoms with Gasteiger partial charge in [-0.25, -0.2) is 14.4 Å². The van der Waals surface area contributed by atoms with Gasteiger partial charge < -0.3 is 29.6 Å². The van der Waals surface area contributed by atoms with Gasteiger partial charge in [0.25, 0.3) is 0 Å². The molecule has 0 fully saturated rings. The van der Waals surface area contributed by atoms with Gasteiger partial charge >= 0.3 is 18.3 Å². The zero-order valence-corrected chi connectivity index (χ0v) is 21.2. The standard InChI is InChI=1S/C23H40N2O9/c1-22(2,3)33-19(28)24-15-17(26)11-7-9-13-31-21(30)32-14-10-8-12-18(27)16-25-20(29)34-23(4,5)6/h7-16H2,1-6H3,(H,24,28)(H,25,29). The lowest BCUT2D eigenvalue weighted by atomic mass is 10.2. The van der Waals surface area contributed by atoms with Crippen LogP contribution in [0.15, 0.2) is 0 Å². The smallest absolute Gasteiger partial charge is 0.444 e. The molecular formula is C23H40N2O9. The molecule has 0 aliphatic carbocycles. The van der Waals surface area contributed by atoms with E-state index in [4.69, 9.17) is 18.9 Å². The number of carbonyl (C=O) groups excluding carboxylic acids is 5. The second-order valence-electron chi connectivity index (χ2n) is 9.65. The molecule has 11 nitrogen and oxygen atoms in total. The molecule has 0 bridgehead atoms. The van der Waals surface area contributed by atoms with Gasteiger partial charge in [-0.15, -0.1) is 0 Å².